The molecule has 7 heteroatoms. The molecular formula is C14H19N5O2. The summed E-state index contributed by atoms with van der Waals surface area (Å²) in [4.78, 5) is 15.0. The molecule has 1 heterocycles. The number of ether oxygens (including phenoxy) is 2. The Morgan fingerprint density at radius 2 is 1.81 bits per heavy atom. The van der Waals surface area contributed by atoms with Gasteiger partial charge in [0.1, 0.15) is 11.5 Å². The van der Waals surface area contributed by atoms with E-state index in [0.29, 0.717) is 29.2 Å². The fourth-order valence-corrected chi connectivity index (χ4v) is 1.78. The summed E-state index contributed by atoms with van der Waals surface area (Å²) < 4.78 is 10.6. The molecule has 0 unspecified atom stereocenters. The van der Waals surface area contributed by atoms with Crippen LogP contribution in [0.1, 0.15) is 0 Å². The molecule has 0 aliphatic heterocycles. The van der Waals surface area contributed by atoms with Crippen molar-refractivity contribution < 1.29 is 9.47 Å². The standard InChI is InChI=1S/C14H19N5O2/c1-15-13-16-12(17-14(18-13)19(2)3)10-7-6-9(20-4)8-11(10)21-5/h6-8H,1-5H3,(H,15,16,17,18). The maximum Gasteiger partial charge on any atom is 0.230 e. The monoisotopic (exact) mass is 289 g/mol. The first kappa shape index (κ1) is 14.8. The number of hydrogen-bond donors (Lipinski definition) is 1. The highest BCUT2D eigenvalue weighted by Crippen LogP contribution is 2.32. The Morgan fingerprint density at radius 3 is 2.38 bits per heavy atom. The van der Waals surface area contributed by atoms with E-state index in [1.54, 1.807) is 27.3 Å². The van der Waals surface area contributed by atoms with Gasteiger partial charge in [-0.05, 0) is 12.1 Å². The summed E-state index contributed by atoms with van der Waals surface area (Å²) in [6.07, 6.45) is 0. The largest absolute Gasteiger partial charge is 0.497 e. The molecular weight excluding hydrogens is 270 g/mol. The molecule has 0 radical (unpaired) electrons. The van der Waals surface area contributed by atoms with Gasteiger partial charge in [-0.1, -0.05) is 0 Å². The number of nitrogens with zero attached hydrogens (tertiary/aromatic N) is 4. The summed E-state index contributed by atoms with van der Waals surface area (Å²) in [6.45, 7) is 0. The molecule has 0 aliphatic carbocycles. The van der Waals surface area contributed by atoms with E-state index in [2.05, 4.69) is 20.3 Å². The quantitative estimate of drug-likeness (QED) is 0.897. The van der Waals surface area contributed by atoms with Crippen molar-refractivity contribution in [1.29, 1.82) is 0 Å². The summed E-state index contributed by atoms with van der Waals surface area (Å²) in [6, 6.07) is 5.51. The number of methoxy groups -OCH3 is 2. The highest BCUT2D eigenvalue weighted by atomic mass is 16.5. The van der Waals surface area contributed by atoms with E-state index in [1.165, 1.54) is 0 Å². The second-order valence-electron chi connectivity index (χ2n) is 4.49. The lowest BCUT2D eigenvalue weighted by atomic mass is 10.2. The number of rotatable bonds is 5. The van der Waals surface area contributed by atoms with Gasteiger partial charge in [0.05, 0.1) is 19.8 Å². The first-order chi connectivity index (χ1) is 10.1. The van der Waals surface area contributed by atoms with Gasteiger partial charge in [0.25, 0.3) is 0 Å². The van der Waals surface area contributed by atoms with Crippen molar-refractivity contribution in [2.45, 2.75) is 0 Å². The molecule has 0 saturated heterocycles. The lowest BCUT2D eigenvalue weighted by Gasteiger charge is -2.14. The first-order valence-electron chi connectivity index (χ1n) is 6.42. The van der Waals surface area contributed by atoms with Crippen molar-refractivity contribution in [2.75, 3.05) is 45.6 Å². The van der Waals surface area contributed by atoms with E-state index >= 15 is 0 Å². The molecule has 7 nitrogen and oxygen atoms in total. The van der Waals surface area contributed by atoms with Gasteiger partial charge in [-0.15, -0.1) is 0 Å². The Kier molecular flexibility index (Phi) is 4.42. The predicted octanol–water partition coefficient (Wildman–Crippen LogP) is 1.66. The minimum Gasteiger partial charge on any atom is -0.497 e. The van der Waals surface area contributed by atoms with Crippen LogP contribution in [0, 0.1) is 0 Å². The molecule has 0 spiro atoms. The topological polar surface area (TPSA) is 72.4 Å². The Balaban J connectivity index is 2.57. The molecule has 0 saturated carbocycles. The third-order valence-corrected chi connectivity index (χ3v) is 2.90. The van der Waals surface area contributed by atoms with E-state index in [-0.39, 0.29) is 0 Å². The van der Waals surface area contributed by atoms with Crippen molar-refractivity contribution in [3.05, 3.63) is 18.2 Å². The average Bonchev–Trinajstić information content (AvgIpc) is 2.53. The zero-order chi connectivity index (χ0) is 15.4. The van der Waals surface area contributed by atoms with Gasteiger partial charge < -0.3 is 19.7 Å². The Hall–Kier alpha value is -2.57. The Labute approximate surface area is 124 Å². The van der Waals surface area contributed by atoms with Crippen molar-refractivity contribution in [3.8, 4) is 22.9 Å². The zero-order valence-corrected chi connectivity index (χ0v) is 12.8. The fourth-order valence-electron chi connectivity index (χ4n) is 1.78. The van der Waals surface area contributed by atoms with Crippen molar-refractivity contribution in [2.24, 2.45) is 0 Å². The van der Waals surface area contributed by atoms with Crippen LogP contribution in [0.15, 0.2) is 18.2 Å². The lowest BCUT2D eigenvalue weighted by molar-refractivity contribution is 0.395. The Bertz CT molecular complexity index is 631. The van der Waals surface area contributed by atoms with Gasteiger partial charge in [-0.3, -0.25) is 0 Å². The number of hydrogen-bond acceptors (Lipinski definition) is 7. The van der Waals surface area contributed by atoms with Crippen LogP contribution >= 0.6 is 0 Å². The summed E-state index contributed by atoms with van der Waals surface area (Å²) >= 11 is 0. The molecule has 0 bridgehead atoms. The molecule has 1 aromatic carbocycles. The number of nitrogens with one attached hydrogen (secondary N) is 1. The zero-order valence-electron chi connectivity index (χ0n) is 12.8. The van der Waals surface area contributed by atoms with E-state index < -0.39 is 0 Å². The Morgan fingerprint density at radius 1 is 1.05 bits per heavy atom. The molecule has 2 aromatic rings. The maximum absolute atomic E-state index is 5.40. The van der Waals surface area contributed by atoms with Crippen LogP contribution in [0.3, 0.4) is 0 Å². The van der Waals surface area contributed by atoms with Crippen LogP contribution in [-0.4, -0.2) is 50.3 Å². The normalized spacial score (nSPS) is 10.1. The van der Waals surface area contributed by atoms with E-state index in [0.717, 1.165) is 5.56 Å². The highest BCUT2D eigenvalue weighted by molar-refractivity contribution is 5.67. The first-order valence-corrected chi connectivity index (χ1v) is 6.42. The third-order valence-electron chi connectivity index (χ3n) is 2.90. The molecule has 21 heavy (non-hydrogen) atoms. The van der Waals surface area contributed by atoms with Crippen molar-refractivity contribution >= 4 is 11.9 Å². The minimum atomic E-state index is 0.501. The predicted molar refractivity (Wildman–Crippen MR) is 82.2 cm³/mol. The smallest absolute Gasteiger partial charge is 0.230 e. The van der Waals surface area contributed by atoms with E-state index in [9.17, 15) is 0 Å². The molecule has 0 atom stereocenters. The van der Waals surface area contributed by atoms with Crippen LogP contribution in [0.5, 0.6) is 11.5 Å². The van der Waals surface area contributed by atoms with Crippen LogP contribution in [0.4, 0.5) is 11.9 Å². The highest BCUT2D eigenvalue weighted by Gasteiger charge is 2.14. The number of benzene rings is 1. The lowest BCUT2D eigenvalue weighted by Crippen LogP contribution is -2.15. The van der Waals surface area contributed by atoms with Crippen LogP contribution in [-0.2, 0) is 0 Å². The van der Waals surface area contributed by atoms with Gasteiger partial charge in [0.2, 0.25) is 11.9 Å². The molecule has 1 aromatic heterocycles. The maximum atomic E-state index is 5.40. The molecule has 0 fully saturated rings. The fraction of sp³-hybridized carbons (Fsp3) is 0.357. The van der Waals surface area contributed by atoms with Gasteiger partial charge in [0, 0.05) is 27.2 Å². The third kappa shape index (κ3) is 3.13. The number of anilines is 2. The van der Waals surface area contributed by atoms with Crippen LogP contribution in [0.25, 0.3) is 11.4 Å². The second kappa shape index (κ2) is 6.25. The SMILES string of the molecule is CNc1nc(-c2ccc(OC)cc2OC)nc(N(C)C)n1. The minimum absolute atomic E-state index is 0.501. The van der Waals surface area contributed by atoms with Crippen molar-refractivity contribution in [3.63, 3.8) is 0 Å². The summed E-state index contributed by atoms with van der Waals surface area (Å²) in [5, 5.41) is 2.94. The van der Waals surface area contributed by atoms with Crippen LogP contribution in [0.2, 0.25) is 0 Å². The summed E-state index contributed by atoms with van der Waals surface area (Å²) in [5.74, 6) is 2.97. The van der Waals surface area contributed by atoms with Gasteiger partial charge in [-0.2, -0.15) is 15.0 Å². The van der Waals surface area contributed by atoms with Crippen molar-refractivity contribution in [1.82, 2.24) is 15.0 Å². The molecule has 2 rings (SSSR count). The van der Waals surface area contributed by atoms with Gasteiger partial charge in [-0.25, -0.2) is 0 Å². The van der Waals surface area contributed by atoms with E-state index in [4.69, 9.17) is 9.47 Å². The number of aromatic nitrogens is 3. The molecule has 1 N–H and O–H groups in total. The summed E-state index contributed by atoms with van der Waals surface area (Å²) in [5.41, 5.74) is 0.778. The molecule has 0 amide bonds. The summed E-state index contributed by atoms with van der Waals surface area (Å²) in [7, 11) is 8.74. The van der Waals surface area contributed by atoms with E-state index in [1.807, 2.05) is 31.1 Å². The van der Waals surface area contributed by atoms with Crippen LogP contribution < -0.4 is 19.7 Å². The van der Waals surface area contributed by atoms with Gasteiger partial charge >= 0.3 is 0 Å². The second-order valence-corrected chi connectivity index (χ2v) is 4.49. The molecule has 112 valence electrons. The average molecular weight is 289 g/mol. The van der Waals surface area contributed by atoms with Gasteiger partial charge in [0.15, 0.2) is 5.82 Å². The molecule has 0 aliphatic rings.